The summed E-state index contributed by atoms with van der Waals surface area (Å²) in [6.07, 6.45) is 1.95. The maximum absolute atomic E-state index is 12.9. The van der Waals surface area contributed by atoms with Crippen LogP contribution in [0.1, 0.15) is 58.6 Å². The number of ketones is 1. The van der Waals surface area contributed by atoms with Crippen molar-refractivity contribution in [3.8, 4) is 22.5 Å². The maximum atomic E-state index is 12.9. The largest absolute Gasteiger partial charge is 0.354 e. The molecule has 0 aliphatic rings. The lowest BCUT2D eigenvalue weighted by molar-refractivity contribution is -0.121. The smallest absolute Gasteiger partial charge is 0.232 e. The van der Waals surface area contributed by atoms with Crippen LogP contribution in [-0.4, -0.2) is 50.7 Å². The minimum absolute atomic E-state index is 0.0257. The first-order valence-electron chi connectivity index (χ1n) is 12.3. The van der Waals surface area contributed by atoms with Crippen LogP contribution in [0.3, 0.4) is 0 Å². The van der Waals surface area contributed by atoms with Crippen LogP contribution in [-0.2, 0) is 9.59 Å². The molecule has 0 radical (unpaired) electrons. The average Bonchev–Trinajstić information content (AvgIpc) is 3.38. The van der Waals surface area contributed by atoms with Gasteiger partial charge in [-0.1, -0.05) is 76.2 Å². The molecule has 3 N–H and O–H groups in total. The number of aromatic amines is 1. The third-order valence-corrected chi connectivity index (χ3v) is 6.18. The molecule has 36 heavy (non-hydrogen) atoms. The number of hydrogen-bond donors (Lipinski definition) is 4. The third kappa shape index (κ3) is 7.73. The maximum Gasteiger partial charge on any atom is 0.232 e. The molecule has 1 aromatic heterocycles. The van der Waals surface area contributed by atoms with Gasteiger partial charge in [0.15, 0.2) is 5.78 Å². The molecular formula is C27H36N6O2S. The van der Waals surface area contributed by atoms with E-state index in [1.54, 1.807) is 0 Å². The molecule has 192 valence electrons. The van der Waals surface area contributed by atoms with Crippen LogP contribution in [0.5, 0.6) is 0 Å². The van der Waals surface area contributed by atoms with E-state index in [0.717, 1.165) is 28.7 Å². The van der Waals surface area contributed by atoms with Crippen molar-refractivity contribution < 1.29 is 9.59 Å². The number of rotatable bonds is 12. The topological polar surface area (TPSA) is 113 Å². The summed E-state index contributed by atoms with van der Waals surface area (Å²) in [7, 11) is 0. The van der Waals surface area contributed by atoms with Crippen molar-refractivity contribution in [1.82, 2.24) is 31.3 Å². The van der Waals surface area contributed by atoms with E-state index in [9.17, 15) is 9.59 Å². The van der Waals surface area contributed by atoms with E-state index in [2.05, 4.69) is 64.7 Å². The van der Waals surface area contributed by atoms with Crippen molar-refractivity contribution in [2.24, 2.45) is 5.41 Å². The lowest BCUT2D eigenvalue weighted by Crippen LogP contribution is -2.39. The number of carbonyl (C=O) groups is 2. The molecular weight excluding hydrogens is 472 g/mol. The van der Waals surface area contributed by atoms with Crippen LogP contribution >= 0.6 is 12.6 Å². The number of thiol groups is 1. The van der Waals surface area contributed by atoms with E-state index >= 15 is 0 Å². The van der Waals surface area contributed by atoms with E-state index in [0.29, 0.717) is 31.8 Å². The van der Waals surface area contributed by atoms with Gasteiger partial charge >= 0.3 is 0 Å². The first kappa shape index (κ1) is 27.5. The molecule has 1 amide bonds. The SMILES string of the molecule is CCCC(=O)C(NCCNC(=O)C(S)CC(C)(C)C)c1ccc(-c2ccccc2-c2nn[nH]n2)cc1. The van der Waals surface area contributed by atoms with Crippen molar-refractivity contribution in [1.29, 1.82) is 0 Å². The fourth-order valence-corrected chi connectivity index (χ4v) is 4.70. The number of H-pyrrole nitrogens is 1. The molecule has 8 nitrogen and oxygen atoms in total. The van der Waals surface area contributed by atoms with Gasteiger partial charge in [-0.05, 0) is 40.2 Å². The van der Waals surface area contributed by atoms with Gasteiger partial charge in [-0.15, -0.1) is 10.2 Å². The number of nitrogens with zero attached hydrogens (tertiary/aromatic N) is 3. The summed E-state index contributed by atoms with van der Waals surface area (Å²) in [5.74, 6) is 0.569. The number of amides is 1. The molecule has 0 saturated carbocycles. The van der Waals surface area contributed by atoms with Crippen LogP contribution in [0, 0.1) is 5.41 Å². The van der Waals surface area contributed by atoms with Gasteiger partial charge in [0.1, 0.15) is 0 Å². The van der Waals surface area contributed by atoms with Gasteiger partial charge in [-0.3, -0.25) is 9.59 Å². The second-order valence-corrected chi connectivity index (χ2v) is 10.7. The van der Waals surface area contributed by atoms with Crippen molar-refractivity contribution in [2.45, 2.75) is 58.2 Å². The van der Waals surface area contributed by atoms with Crippen molar-refractivity contribution in [3.63, 3.8) is 0 Å². The van der Waals surface area contributed by atoms with Gasteiger partial charge in [0.2, 0.25) is 11.7 Å². The number of hydrogen-bond acceptors (Lipinski definition) is 7. The van der Waals surface area contributed by atoms with Gasteiger partial charge in [0, 0.05) is 25.1 Å². The summed E-state index contributed by atoms with van der Waals surface area (Å²) < 4.78 is 0. The highest BCUT2D eigenvalue weighted by Crippen LogP contribution is 2.30. The Morgan fingerprint density at radius 2 is 1.72 bits per heavy atom. The minimum atomic E-state index is -0.440. The summed E-state index contributed by atoms with van der Waals surface area (Å²) in [4.78, 5) is 25.3. The Morgan fingerprint density at radius 3 is 2.33 bits per heavy atom. The van der Waals surface area contributed by atoms with E-state index < -0.39 is 6.04 Å². The number of Topliss-reactive ketones (excluding diaryl/α,β-unsaturated/α-hetero) is 1. The van der Waals surface area contributed by atoms with E-state index in [1.165, 1.54) is 0 Å². The molecule has 0 saturated heterocycles. The molecule has 0 fully saturated rings. The fraction of sp³-hybridized carbons (Fsp3) is 0.444. The summed E-state index contributed by atoms with van der Waals surface area (Å²) in [6, 6.07) is 15.4. The van der Waals surface area contributed by atoms with Crippen LogP contribution < -0.4 is 10.6 Å². The summed E-state index contributed by atoms with van der Waals surface area (Å²) >= 11 is 4.45. The predicted molar refractivity (Wildman–Crippen MR) is 146 cm³/mol. The molecule has 0 aliphatic heterocycles. The van der Waals surface area contributed by atoms with Crippen molar-refractivity contribution >= 4 is 24.3 Å². The van der Waals surface area contributed by atoms with Gasteiger partial charge in [-0.25, -0.2) is 0 Å². The lowest BCUT2D eigenvalue weighted by Gasteiger charge is -2.22. The van der Waals surface area contributed by atoms with Gasteiger partial charge in [0.25, 0.3) is 0 Å². The second kappa shape index (κ2) is 12.8. The number of tetrazole rings is 1. The first-order valence-corrected chi connectivity index (χ1v) is 12.9. The molecule has 2 unspecified atom stereocenters. The number of nitrogens with one attached hydrogen (secondary N) is 3. The number of benzene rings is 2. The highest BCUT2D eigenvalue weighted by atomic mass is 32.1. The lowest BCUT2D eigenvalue weighted by atomic mass is 9.90. The Hall–Kier alpha value is -3.04. The molecule has 0 bridgehead atoms. The average molecular weight is 509 g/mol. The van der Waals surface area contributed by atoms with E-state index in [1.807, 2.05) is 55.5 Å². The Bertz CT molecular complexity index is 1130. The number of aromatic nitrogens is 4. The van der Waals surface area contributed by atoms with Crippen LogP contribution in [0.2, 0.25) is 0 Å². The Balaban J connectivity index is 1.68. The second-order valence-electron chi connectivity index (χ2n) is 10.1. The monoisotopic (exact) mass is 508 g/mol. The standard InChI is InChI=1S/C27H36N6O2S/c1-5-8-22(34)24(28-15-16-29-26(35)23(36)17-27(2,3)4)19-13-11-18(12-14-19)20-9-6-7-10-21(20)25-30-32-33-31-25/h6-7,9-14,23-24,28,36H,5,8,15-17H2,1-4H3,(H,29,35)(H,30,31,32,33). The molecule has 2 atom stereocenters. The Kier molecular flexibility index (Phi) is 9.78. The zero-order valence-corrected chi connectivity index (χ0v) is 22.3. The minimum Gasteiger partial charge on any atom is -0.354 e. The summed E-state index contributed by atoms with van der Waals surface area (Å²) in [5.41, 5.74) is 3.76. The molecule has 1 heterocycles. The van der Waals surface area contributed by atoms with Gasteiger partial charge in [0.05, 0.1) is 11.3 Å². The van der Waals surface area contributed by atoms with Crippen LogP contribution in [0.4, 0.5) is 0 Å². The molecule has 9 heteroatoms. The highest BCUT2D eigenvalue weighted by molar-refractivity contribution is 7.81. The highest BCUT2D eigenvalue weighted by Gasteiger charge is 2.22. The first-order chi connectivity index (χ1) is 17.2. The molecule has 2 aromatic carbocycles. The molecule has 3 rings (SSSR count). The number of carbonyl (C=O) groups excluding carboxylic acids is 2. The zero-order chi connectivity index (χ0) is 26.1. The van der Waals surface area contributed by atoms with Crippen LogP contribution in [0.25, 0.3) is 22.5 Å². The van der Waals surface area contributed by atoms with Gasteiger partial charge < -0.3 is 10.6 Å². The predicted octanol–water partition coefficient (Wildman–Crippen LogP) is 4.38. The summed E-state index contributed by atoms with van der Waals surface area (Å²) in [5, 5.41) is 20.3. The molecule has 0 spiro atoms. The Labute approximate surface area is 218 Å². The Morgan fingerprint density at radius 1 is 1.03 bits per heavy atom. The van der Waals surface area contributed by atoms with Crippen molar-refractivity contribution in [3.05, 3.63) is 54.1 Å². The van der Waals surface area contributed by atoms with E-state index in [4.69, 9.17) is 0 Å². The quantitative estimate of drug-likeness (QED) is 0.213. The van der Waals surface area contributed by atoms with E-state index in [-0.39, 0.29) is 22.4 Å². The fourth-order valence-electron chi connectivity index (χ4n) is 4.06. The normalized spacial score (nSPS) is 13.2. The summed E-state index contributed by atoms with van der Waals surface area (Å²) in [6.45, 7) is 9.16. The van der Waals surface area contributed by atoms with Gasteiger partial charge in [-0.2, -0.15) is 17.8 Å². The molecule has 0 aliphatic carbocycles. The van der Waals surface area contributed by atoms with Crippen LogP contribution in [0.15, 0.2) is 48.5 Å². The van der Waals surface area contributed by atoms with Crippen molar-refractivity contribution in [2.75, 3.05) is 13.1 Å². The third-order valence-electron chi connectivity index (χ3n) is 5.77. The zero-order valence-electron chi connectivity index (χ0n) is 21.4. The molecule has 3 aromatic rings.